The minimum absolute atomic E-state index is 0.154. The fraction of sp³-hybridized carbons (Fsp3) is 0.458. The van der Waals surface area contributed by atoms with Crippen molar-refractivity contribution in [3.8, 4) is 5.75 Å². The van der Waals surface area contributed by atoms with Crippen molar-refractivity contribution in [2.75, 3.05) is 7.11 Å². The third-order valence-corrected chi connectivity index (χ3v) is 6.47. The molecule has 142 valence electrons. The second kappa shape index (κ2) is 7.47. The number of fused-ring (bicyclic) bond motifs is 2. The molecule has 2 heterocycles. The standard InChI is InChI=1S/C24H29NO2/c1-16-12-23(27-3)17(2)11-22(16)24(26)19-13-20-9-10-21(14-19)25(20)15-18-7-5-4-6-8-18/h4-8,11-12,19-21H,9-10,13-15H2,1-3H3. The Hall–Kier alpha value is -2.13. The third-order valence-electron chi connectivity index (χ3n) is 6.47. The van der Waals surface area contributed by atoms with Gasteiger partial charge in [-0.05, 0) is 68.4 Å². The third kappa shape index (κ3) is 3.53. The molecule has 2 bridgehead atoms. The Morgan fingerprint density at radius 2 is 1.70 bits per heavy atom. The summed E-state index contributed by atoms with van der Waals surface area (Å²) in [5.74, 6) is 1.34. The van der Waals surface area contributed by atoms with Crippen LogP contribution in [0.5, 0.6) is 5.75 Å². The molecule has 2 fully saturated rings. The van der Waals surface area contributed by atoms with Gasteiger partial charge in [-0.2, -0.15) is 0 Å². The van der Waals surface area contributed by atoms with Crippen LogP contribution < -0.4 is 4.74 Å². The van der Waals surface area contributed by atoms with Crippen molar-refractivity contribution in [1.82, 2.24) is 4.90 Å². The highest BCUT2D eigenvalue weighted by atomic mass is 16.5. The molecule has 2 aliphatic heterocycles. The van der Waals surface area contributed by atoms with Crippen LogP contribution in [-0.2, 0) is 6.54 Å². The maximum atomic E-state index is 13.3. The van der Waals surface area contributed by atoms with E-state index in [9.17, 15) is 4.79 Å². The van der Waals surface area contributed by atoms with Gasteiger partial charge in [0.05, 0.1) is 7.11 Å². The smallest absolute Gasteiger partial charge is 0.166 e. The highest BCUT2D eigenvalue weighted by Crippen LogP contribution is 2.41. The van der Waals surface area contributed by atoms with Gasteiger partial charge in [-0.3, -0.25) is 9.69 Å². The van der Waals surface area contributed by atoms with Crippen LogP contribution in [0.15, 0.2) is 42.5 Å². The van der Waals surface area contributed by atoms with E-state index in [4.69, 9.17) is 4.74 Å². The van der Waals surface area contributed by atoms with Crippen LogP contribution in [0.4, 0.5) is 0 Å². The summed E-state index contributed by atoms with van der Waals surface area (Å²) in [7, 11) is 1.68. The van der Waals surface area contributed by atoms with Crippen LogP contribution in [0.3, 0.4) is 0 Å². The Kier molecular flexibility index (Phi) is 5.05. The lowest BCUT2D eigenvalue weighted by Gasteiger charge is -2.38. The van der Waals surface area contributed by atoms with E-state index in [2.05, 4.69) is 35.2 Å². The Morgan fingerprint density at radius 1 is 1.04 bits per heavy atom. The van der Waals surface area contributed by atoms with Crippen molar-refractivity contribution >= 4 is 5.78 Å². The van der Waals surface area contributed by atoms with Gasteiger partial charge in [0.25, 0.3) is 0 Å². The van der Waals surface area contributed by atoms with Crippen molar-refractivity contribution in [1.29, 1.82) is 0 Å². The summed E-state index contributed by atoms with van der Waals surface area (Å²) >= 11 is 0. The SMILES string of the molecule is COc1cc(C)c(C(=O)C2CC3CCC(C2)N3Cc2ccccc2)cc1C. The number of carbonyl (C=O) groups is 1. The molecule has 0 amide bonds. The zero-order valence-corrected chi connectivity index (χ0v) is 16.6. The van der Waals surface area contributed by atoms with E-state index in [1.807, 2.05) is 26.0 Å². The highest BCUT2D eigenvalue weighted by molar-refractivity contribution is 5.99. The van der Waals surface area contributed by atoms with Crippen LogP contribution in [0.25, 0.3) is 0 Å². The first-order valence-electron chi connectivity index (χ1n) is 10.1. The summed E-state index contributed by atoms with van der Waals surface area (Å²) in [6.07, 6.45) is 4.43. The van der Waals surface area contributed by atoms with E-state index < -0.39 is 0 Å². The predicted octanol–water partition coefficient (Wildman–Crippen LogP) is 4.94. The molecule has 27 heavy (non-hydrogen) atoms. The number of ketones is 1. The lowest BCUT2D eigenvalue weighted by atomic mass is 9.83. The molecule has 3 nitrogen and oxygen atoms in total. The minimum Gasteiger partial charge on any atom is -0.496 e. The summed E-state index contributed by atoms with van der Waals surface area (Å²) in [6, 6.07) is 15.8. The zero-order valence-electron chi connectivity index (χ0n) is 16.6. The Balaban J connectivity index is 1.50. The van der Waals surface area contributed by atoms with Crippen molar-refractivity contribution in [2.45, 2.75) is 58.2 Å². The van der Waals surface area contributed by atoms with E-state index in [0.29, 0.717) is 17.9 Å². The van der Waals surface area contributed by atoms with E-state index in [-0.39, 0.29) is 5.92 Å². The van der Waals surface area contributed by atoms with Gasteiger partial charge in [-0.1, -0.05) is 30.3 Å². The summed E-state index contributed by atoms with van der Waals surface area (Å²) in [5, 5.41) is 0. The number of nitrogens with zero attached hydrogens (tertiary/aromatic N) is 1. The van der Waals surface area contributed by atoms with Crippen molar-refractivity contribution < 1.29 is 9.53 Å². The van der Waals surface area contributed by atoms with Gasteiger partial charge < -0.3 is 4.74 Å². The molecule has 2 aromatic carbocycles. The number of aryl methyl sites for hydroxylation is 2. The lowest BCUT2D eigenvalue weighted by Crippen LogP contribution is -2.44. The number of methoxy groups -OCH3 is 1. The molecule has 2 aromatic rings. The quantitative estimate of drug-likeness (QED) is 0.705. The summed E-state index contributed by atoms with van der Waals surface area (Å²) in [4.78, 5) is 15.9. The topological polar surface area (TPSA) is 29.5 Å². The number of piperidine rings is 1. The molecule has 0 saturated carbocycles. The lowest BCUT2D eigenvalue weighted by molar-refractivity contribution is 0.0677. The number of carbonyl (C=O) groups excluding carboxylic acids is 1. The molecule has 0 spiro atoms. The van der Waals surface area contributed by atoms with E-state index >= 15 is 0 Å². The van der Waals surface area contributed by atoms with Crippen LogP contribution >= 0.6 is 0 Å². The minimum atomic E-state index is 0.154. The number of benzene rings is 2. The number of hydrogen-bond acceptors (Lipinski definition) is 3. The van der Waals surface area contributed by atoms with Gasteiger partial charge in [0.1, 0.15) is 5.75 Å². The van der Waals surface area contributed by atoms with Crippen LogP contribution in [-0.4, -0.2) is 29.9 Å². The molecule has 2 atom stereocenters. The van der Waals surface area contributed by atoms with Gasteiger partial charge in [-0.15, -0.1) is 0 Å². The first-order valence-corrected chi connectivity index (χ1v) is 10.1. The first kappa shape index (κ1) is 18.2. The monoisotopic (exact) mass is 363 g/mol. The molecule has 4 rings (SSSR count). The second-order valence-corrected chi connectivity index (χ2v) is 8.21. The number of rotatable bonds is 5. The Bertz CT molecular complexity index is 816. The average molecular weight is 364 g/mol. The molecule has 0 N–H and O–H groups in total. The normalized spacial score (nSPS) is 24.8. The highest BCUT2D eigenvalue weighted by Gasteiger charge is 2.43. The zero-order chi connectivity index (χ0) is 19.0. The largest absolute Gasteiger partial charge is 0.496 e. The first-order chi connectivity index (χ1) is 13.1. The molecule has 2 unspecified atom stereocenters. The van der Waals surface area contributed by atoms with E-state index in [0.717, 1.165) is 41.8 Å². The molecule has 0 aliphatic carbocycles. The maximum absolute atomic E-state index is 13.3. The van der Waals surface area contributed by atoms with Gasteiger partial charge in [0, 0.05) is 30.1 Å². The van der Waals surface area contributed by atoms with Crippen LogP contribution in [0, 0.1) is 19.8 Å². The number of Topliss-reactive ketones (excluding diaryl/α,β-unsaturated/α-hetero) is 1. The summed E-state index contributed by atoms with van der Waals surface area (Å²) in [5.41, 5.74) is 4.33. The number of ether oxygens (including phenoxy) is 1. The Labute approximate surface area is 162 Å². The van der Waals surface area contributed by atoms with Crippen LogP contribution in [0.2, 0.25) is 0 Å². The molecule has 0 radical (unpaired) electrons. The van der Waals surface area contributed by atoms with Gasteiger partial charge in [0.2, 0.25) is 0 Å². The molecule has 2 aliphatic rings. The second-order valence-electron chi connectivity index (χ2n) is 8.21. The molecule has 0 aromatic heterocycles. The summed E-state index contributed by atoms with van der Waals surface area (Å²) in [6.45, 7) is 5.05. The molecule has 3 heteroatoms. The fourth-order valence-electron chi connectivity index (χ4n) is 5.04. The van der Waals surface area contributed by atoms with E-state index in [1.54, 1.807) is 7.11 Å². The van der Waals surface area contributed by atoms with Gasteiger partial charge >= 0.3 is 0 Å². The van der Waals surface area contributed by atoms with Crippen molar-refractivity contribution in [3.63, 3.8) is 0 Å². The fourth-order valence-corrected chi connectivity index (χ4v) is 5.04. The molecule has 2 saturated heterocycles. The van der Waals surface area contributed by atoms with E-state index in [1.165, 1.54) is 18.4 Å². The van der Waals surface area contributed by atoms with Gasteiger partial charge in [0.15, 0.2) is 5.78 Å². The average Bonchev–Trinajstić information content (AvgIpc) is 2.91. The predicted molar refractivity (Wildman–Crippen MR) is 108 cm³/mol. The van der Waals surface area contributed by atoms with Crippen molar-refractivity contribution in [2.24, 2.45) is 5.92 Å². The van der Waals surface area contributed by atoms with Crippen LogP contribution in [0.1, 0.15) is 52.7 Å². The summed E-state index contributed by atoms with van der Waals surface area (Å²) < 4.78 is 5.40. The number of hydrogen-bond donors (Lipinski definition) is 0. The molecular formula is C24H29NO2. The molecular weight excluding hydrogens is 334 g/mol. The Morgan fingerprint density at radius 3 is 2.33 bits per heavy atom. The van der Waals surface area contributed by atoms with Gasteiger partial charge in [-0.25, -0.2) is 0 Å². The van der Waals surface area contributed by atoms with Crippen molar-refractivity contribution in [3.05, 3.63) is 64.7 Å². The maximum Gasteiger partial charge on any atom is 0.166 e.